The van der Waals surface area contributed by atoms with Gasteiger partial charge in [0.1, 0.15) is 0 Å². The zero-order chi connectivity index (χ0) is 18.5. The van der Waals surface area contributed by atoms with E-state index in [-0.39, 0.29) is 24.0 Å². The fourth-order valence-corrected chi connectivity index (χ4v) is 3.60. The molecular weight excluding hydrogens is 455 g/mol. The number of guanidine groups is 1. The average Bonchev–Trinajstić information content (AvgIpc) is 3.16. The Hall–Kier alpha value is -0.120. The van der Waals surface area contributed by atoms with Crippen LogP contribution in [0.5, 0.6) is 0 Å². The van der Waals surface area contributed by atoms with Crippen LogP contribution in [0.2, 0.25) is 0 Å². The highest BCUT2D eigenvalue weighted by atomic mass is 127. The summed E-state index contributed by atoms with van der Waals surface area (Å²) in [5.41, 5.74) is 0. The minimum Gasteiger partial charge on any atom is -0.379 e. The van der Waals surface area contributed by atoms with Crippen molar-refractivity contribution in [2.45, 2.75) is 58.5 Å². The first kappa shape index (κ1) is 24.9. The van der Waals surface area contributed by atoms with E-state index in [2.05, 4.69) is 29.4 Å². The lowest BCUT2D eigenvalue weighted by Gasteiger charge is -2.28. The lowest BCUT2D eigenvalue weighted by Crippen LogP contribution is -2.39. The van der Waals surface area contributed by atoms with Gasteiger partial charge in [-0.15, -0.1) is 24.0 Å². The predicted molar refractivity (Wildman–Crippen MR) is 123 cm³/mol. The number of hydrogen-bond acceptors (Lipinski definition) is 4. The topological polar surface area (TPSA) is 58.1 Å². The molecule has 0 spiro atoms. The summed E-state index contributed by atoms with van der Waals surface area (Å²) in [7, 11) is 0. The molecule has 2 unspecified atom stereocenters. The number of likely N-dealkylation sites (tertiary alicyclic amines) is 1. The normalized spacial score (nSPS) is 22.3. The number of hydrogen-bond donors (Lipinski definition) is 2. The van der Waals surface area contributed by atoms with Crippen LogP contribution in [0.25, 0.3) is 0 Å². The van der Waals surface area contributed by atoms with Crippen molar-refractivity contribution in [2.24, 2.45) is 10.9 Å². The minimum absolute atomic E-state index is 0. The summed E-state index contributed by atoms with van der Waals surface area (Å²) in [5, 5.41) is 6.76. The van der Waals surface area contributed by atoms with Crippen molar-refractivity contribution < 1.29 is 9.47 Å². The van der Waals surface area contributed by atoms with Crippen molar-refractivity contribution in [1.82, 2.24) is 15.5 Å². The first-order valence-electron chi connectivity index (χ1n) is 10.7. The summed E-state index contributed by atoms with van der Waals surface area (Å²) in [6, 6.07) is 0. The van der Waals surface area contributed by atoms with Gasteiger partial charge in [0.25, 0.3) is 0 Å². The van der Waals surface area contributed by atoms with Crippen LogP contribution in [0.3, 0.4) is 0 Å². The quantitative estimate of drug-likeness (QED) is 0.200. The van der Waals surface area contributed by atoms with Gasteiger partial charge in [0.05, 0.1) is 12.7 Å². The van der Waals surface area contributed by atoms with Crippen molar-refractivity contribution in [3.05, 3.63) is 0 Å². The molecule has 2 atom stereocenters. The molecule has 27 heavy (non-hydrogen) atoms. The van der Waals surface area contributed by atoms with Crippen molar-refractivity contribution in [3.8, 4) is 0 Å². The number of halogens is 1. The number of aliphatic imine (C=N–C) groups is 1. The molecule has 2 aliphatic heterocycles. The predicted octanol–water partition coefficient (Wildman–Crippen LogP) is 2.87. The molecule has 2 saturated heterocycles. The van der Waals surface area contributed by atoms with Crippen LogP contribution in [-0.4, -0.2) is 76.1 Å². The van der Waals surface area contributed by atoms with Gasteiger partial charge in [-0.3, -0.25) is 4.99 Å². The molecule has 0 saturated carbocycles. The summed E-state index contributed by atoms with van der Waals surface area (Å²) in [4.78, 5) is 7.36. The third-order valence-electron chi connectivity index (χ3n) is 5.01. The Morgan fingerprint density at radius 1 is 1.22 bits per heavy atom. The van der Waals surface area contributed by atoms with Gasteiger partial charge in [-0.25, -0.2) is 0 Å². The molecule has 0 bridgehead atoms. The van der Waals surface area contributed by atoms with E-state index >= 15 is 0 Å². The maximum absolute atomic E-state index is 5.71. The van der Waals surface area contributed by atoms with Crippen molar-refractivity contribution in [1.29, 1.82) is 0 Å². The monoisotopic (exact) mass is 496 g/mol. The number of nitrogens with zero attached hydrogens (tertiary/aromatic N) is 2. The van der Waals surface area contributed by atoms with E-state index in [0.29, 0.717) is 12.0 Å². The van der Waals surface area contributed by atoms with Crippen LogP contribution < -0.4 is 10.6 Å². The molecule has 0 radical (unpaired) electrons. The third kappa shape index (κ3) is 11.5. The fourth-order valence-electron chi connectivity index (χ4n) is 3.60. The Balaban J connectivity index is 0.00000364. The lowest BCUT2D eigenvalue weighted by atomic mass is 10.1. The summed E-state index contributed by atoms with van der Waals surface area (Å²) in [6.07, 6.45) is 7.74. The highest BCUT2D eigenvalue weighted by Gasteiger charge is 2.15. The zero-order valence-corrected chi connectivity index (χ0v) is 19.7. The summed E-state index contributed by atoms with van der Waals surface area (Å²) < 4.78 is 11.3. The highest BCUT2D eigenvalue weighted by molar-refractivity contribution is 14.0. The van der Waals surface area contributed by atoms with E-state index in [0.717, 1.165) is 58.3 Å². The average molecular weight is 496 g/mol. The van der Waals surface area contributed by atoms with Gasteiger partial charge in [-0.2, -0.15) is 0 Å². The molecule has 6 nitrogen and oxygen atoms in total. The molecule has 2 fully saturated rings. The Morgan fingerprint density at radius 3 is 2.74 bits per heavy atom. The number of ether oxygens (including phenoxy) is 2. The van der Waals surface area contributed by atoms with E-state index in [4.69, 9.17) is 14.5 Å². The van der Waals surface area contributed by atoms with Gasteiger partial charge >= 0.3 is 0 Å². The molecule has 2 N–H and O–H groups in total. The van der Waals surface area contributed by atoms with E-state index in [1.54, 1.807) is 0 Å². The SMILES string of the molecule is CCNC(=NCC(C)CN1CCCCC1)NCCCOCC1CCCO1.I. The van der Waals surface area contributed by atoms with Gasteiger partial charge in [0.2, 0.25) is 0 Å². The number of rotatable bonds is 11. The maximum Gasteiger partial charge on any atom is 0.191 e. The van der Waals surface area contributed by atoms with E-state index in [1.165, 1.54) is 45.3 Å². The van der Waals surface area contributed by atoms with Crippen LogP contribution in [0.15, 0.2) is 4.99 Å². The van der Waals surface area contributed by atoms with Gasteiger partial charge in [-0.05, 0) is 58.0 Å². The number of nitrogens with one attached hydrogen (secondary N) is 2. The molecule has 2 aliphatic rings. The molecular formula is C20H41IN4O2. The Morgan fingerprint density at radius 2 is 2.04 bits per heavy atom. The van der Waals surface area contributed by atoms with Crippen molar-refractivity contribution >= 4 is 29.9 Å². The van der Waals surface area contributed by atoms with Gasteiger partial charge in [-0.1, -0.05) is 13.3 Å². The van der Waals surface area contributed by atoms with Crippen molar-refractivity contribution in [3.63, 3.8) is 0 Å². The fraction of sp³-hybridized carbons (Fsp3) is 0.950. The molecule has 0 aromatic heterocycles. The van der Waals surface area contributed by atoms with E-state index in [9.17, 15) is 0 Å². The zero-order valence-electron chi connectivity index (χ0n) is 17.4. The van der Waals surface area contributed by atoms with Crippen LogP contribution in [0.4, 0.5) is 0 Å². The smallest absolute Gasteiger partial charge is 0.191 e. The van der Waals surface area contributed by atoms with Gasteiger partial charge < -0.3 is 25.0 Å². The van der Waals surface area contributed by atoms with Gasteiger partial charge in [0.15, 0.2) is 5.96 Å². The molecule has 160 valence electrons. The molecule has 7 heteroatoms. The Bertz CT molecular complexity index is 386. The standard InChI is InChI=1S/C20H40N4O2.HI/c1-3-21-20(22-10-8-13-25-17-19-9-7-14-26-19)23-15-18(2)16-24-11-5-4-6-12-24;/h18-19H,3-17H2,1-2H3,(H2,21,22,23);1H. The van der Waals surface area contributed by atoms with E-state index < -0.39 is 0 Å². The highest BCUT2D eigenvalue weighted by Crippen LogP contribution is 2.12. The third-order valence-corrected chi connectivity index (χ3v) is 5.01. The first-order chi connectivity index (χ1) is 12.8. The molecule has 0 amide bonds. The van der Waals surface area contributed by atoms with E-state index in [1.807, 2.05) is 0 Å². The maximum atomic E-state index is 5.71. The molecule has 0 aliphatic carbocycles. The lowest BCUT2D eigenvalue weighted by molar-refractivity contribution is 0.0168. The molecule has 2 rings (SSSR count). The molecule has 0 aromatic carbocycles. The van der Waals surface area contributed by atoms with Crippen LogP contribution in [0.1, 0.15) is 52.4 Å². The largest absolute Gasteiger partial charge is 0.379 e. The van der Waals surface area contributed by atoms with Crippen molar-refractivity contribution in [2.75, 3.05) is 59.1 Å². The minimum atomic E-state index is 0. The Labute approximate surface area is 183 Å². The summed E-state index contributed by atoms with van der Waals surface area (Å²) >= 11 is 0. The van der Waals surface area contributed by atoms with Crippen LogP contribution >= 0.6 is 24.0 Å². The van der Waals surface area contributed by atoms with Crippen LogP contribution in [0, 0.1) is 5.92 Å². The molecule has 0 aromatic rings. The van der Waals surface area contributed by atoms with Crippen LogP contribution in [-0.2, 0) is 9.47 Å². The number of piperidine rings is 1. The summed E-state index contributed by atoms with van der Waals surface area (Å²) in [6.45, 7) is 13.2. The summed E-state index contributed by atoms with van der Waals surface area (Å²) in [5.74, 6) is 1.52. The Kier molecular flexibility index (Phi) is 14.5. The second-order valence-electron chi connectivity index (χ2n) is 7.68. The second kappa shape index (κ2) is 15.8. The second-order valence-corrected chi connectivity index (χ2v) is 7.68. The first-order valence-corrected chi connectivity index (χ1v) is 10.7. The van der Waals surface area contributed by atoms with Gasteiger partial charge in [0, 0.05) is 39.4 Å². The molecule has 2 heterocycles.